The minimum Gasteiger partial charge on any atom is -0.417 e. The van der Waals surface area contributed by atoms with Crippen molar-refractivity contribution < 1.29 is 9.53 Å². The molecule has 0 saturated heterocycles. The van der Waals surface area contributed by atoms with E-state index in [1.165, 1.54) is 0 Å². The van der Waals surface area contributed by atoms with Crippen molar-refractivity contribution in [2.24, 2.45) is 0 Å². The smallest absolute Gasteiger partial charge is 0.191 e. The number of allylic oxidation sites excluding steroid dienone is 3. The summed E-state index contributed by atoms with van der Waals surface area (Å²) in [5.41, 5.74) is 0. The van der Waals surface area contributed by atoms with Gasteiger partial charge in [0, 0.05) is 6.61 Å². The average molecular weight is 256 g/mol. The van der Waals surface area contributed by atoms with Crippen molar-refractivity contribution in [1.29, 1.82) is 0 Å². The second kappa shape index (κ2) is 7.85. The first kappa shape index (κ1) is 16.6. The lowest BCUT2D eigenvalue weighted by molar-refractivity contribution is 0.283. The van der Waals surface area contributed by atoms with Gasteiger partial charge in [-0.2, -0.15) is 0 Å². The molecule has 0 aromatic heterocycles. The van der Waals surface area contributed by atoms with Crippen molar-refractivity contribution >= 4 is 8.32 Å². The highest BCUT2D eigenvalue weighted by Gasteiger charge is 2.36. The third-order valence-electron chi connectivity index (χ3n) is 3.27. The molecule has 0 aromatic rings. The molecule has 0 saturated carbocycles. The molecule has 100 valence electrons. The zero-order valence-electron chi connectivity index (χ0n) is 12.0. The van der Waals surface area contributed by atoms with Gasteiger partial charge in [-0.25, -0.2) is 0 Å². The van der Waals surface area contributed by atoms with Gasteiger partial charge in [0.25, 0.3) is 0 Å². The number of hydrogen-bond donors (Lipinski definition) is 1. The Labute approximate surface area is 108 Å². The summed E-state index contributed by atoms with van der Waals surface area (Å²) in [7, 11) is -1.56. The van der Waals surface area contributed by atoms with Crippen molar-refractivity contribution in [3.8, 4) is 0 Å². The molecule has 0 radical (unpaired) electrons. The van der Waals surface area contributed by atoms with Gasteiger partial charge in [-0.3, -0.25) is 0 Å². The zero-order chi connectivity index (χ0) is 13.4. The van der Waals surface area contributed by atoms with Crippen LogP contribution < -0.4 is 0 Å². The van der Waals surface area contributed by atoms with Gasteiger partial charge in [0.1, 0.15) is 0 Å². The molecule has 17 heavy (non-hydrogen) atoms. The fraction of sp³-hybridized carbons (Fsp3) is 0.714. The maximum atomic E-state index is 8.54. The Balaban J connectivity index is 3.72. The summed E-state index contributed by atoms with van der Waals surface area (Å²) < 4.78 is 6.07. The highest BCUT2D eigenvalue weighted by atomic mass is 28.4. The van der Waals surface area contributed by atoms with Crippen LogP contribution in [0.15, 0.2) is 24.3 Å². The van der Waals surface area contributed by atoms with Gasteiger partial charge in [-0.15, -0.1) is 0 Å². The first-order valence-electron chi connectivity index (χ1n) is 6.38. The Bertz CT molecular complexity index is 249. The van der Waals surface area contributed by atoms with Crippen molar-refractivity contribution in [1.82, 2.24) is 0 Å². The van der Waals surface area contributed by atoms with Gasteiger partial charge in [-0.05, 0) is 31.0 Å². The molecule has 0 amide bonds. The Morgan fingerprint density at radius 3 is 2.24 bits per heavy atom. The molecule has 0 aliphatic carbocycles. The predicted octanol–water partition coefficient (Wildman–Crippen LogP) is 3.89. The Hall–Kier alpha value is -0.383. The van der Waals surface area contributed by atoms with Crippen LogP contribution in [0.3, 0.4) is 0 Å². The third-order valence-corrected chi connectivity index (χ3v) is 7.81. The van der Waals surface area contributed by atoms with Crippen molar-refractivity contribution in [3.63, 3.8) is 0 Å². The summed E-state index contributed by atoms with van der Waals surface area (Å²) >= 11 is 0. The standard InChI is InChI=1S/C14H28O2Si/c1-14(2,3)17(4,5)16-13-11-9-7-6-8-10-12-15/h6-8,10,15H,9,11-13H2,1-5H3/b7-6+,10-8+. The summed E-state index contributed by atoms with van der Waals surface area (Å²) in [6.45, 7) is 12.3. The molecule has 0 rings (SSSR count). The minimum atomic E-state index is -1.56. The van der Waals surface area contributed by atoms with Crippen LogP contribution in [-0.2, 0) is 4.43 Å². The molecule has 0 spiro atoms. The van der Waals surface area contributed by atoms with E-state index >= 15 is 0 Å². The molecule has 0 heterocycles. The van der Waals surface area contributed by atoms with E-state index in [-0.39, 0.29) is 6.61 Å². The lowest BCUT2D eigenvalue weighted by Gasteiger charge is -2.36. The van der Waals surface area contributed by atoms with Crippen LogP contribution in [0.25, 0.3) is 0 Å². The van der Waals surface area contributed by atoms with Crippen LogP contribution >= 0.6 is 0 Å². The van der Waals surface area contributed by atoms with E-state index in [2.05, 4.69) is 39.9 Å². The SMILES string of the molecule is CC(C)(C)[Si](C)(C)OCCC/C=C/C=C/CO. The first-order chi connectivity index (χ1) is 7.81. The predicted molar refractivity (Wildman–Crippen MR) is 77.7 cm³/mol. The molecule has 0 fully saturated rings. The summed E-state index contributed by atoms with van der Waals surface area (Å²) in [6.07, 6.45) is 9.78. The van der Waals surface area contributed by atoms with Crippen molar-refractivity contribution in [2.45, 2.75) is 51.7 Å². The maximum absolute atomic E-state index is 8.54. The van der Waals surface area contributed by atoms with Crippen molar-refractivity contribution in [2.75, 3.05) is 13.2 Å². The summed E-state index contributed by atoms with van der Waals surface area (Å²) in [5, 5.41) is 8.83. The molecule has 0 aromatic carbocycles. The van der Waals surface area contributed by atoms with Crippen LogP contribution in [-0.4, -0.2) is 26.6 Å². The van der Waals surface area contributed by atoms with Crippen LogP contribution in [0.4, 0.5) is 0 Å². The van der Waals surface area contributed by atoms with Gasteiger partial charge in [0.2, 0.25) is 0 Å². The highest BCUT2D eigenvalue weighted by Crippen LogP contribution is 2.36. The molecule has 1 N–H and O–H groups in total. The molecule has 0 aliphatic rings. The molecular weight excluding hydrogens is 228 g/mol. The van der Waals surface area contributed by atoms with Gasteiger partial charge >= 0.3 is 0 Å². The van der Waals surface area contributed by atoms with Gasteiger partial charge < -0.3 is 9.53 Å². The van der Waals surface area contributed by atoms with Gasteiger partial charge in [-0.1, -0.05) is 45.1 Å². The quantitative estimate of drug-likeness (QED) is 0.425. The van der Waals surface area contributed by atoms with E-state index in [4.69, 9.17) is 9.53 Å². The summed E-state index contributed by atoms with van der Waals surface area (Å²) in [6, 6.07) is 0. The molecule has 0 bridgehead atoms. The van der Waals surface area contributed by atoms with E-state index in [0.29, 0.717) is 5.04 Å². The van der Waals surface area contributed by atoms with Crippen LogP contribution in [0, 0.1) is 0 Å². The maximum Gasteiger partial charge on any atom is 0.191 e. The first-order valence-corrected chi connectivity index (χ1v) is 9.28. The van der Waals surface area contributed by atoms with E-state index in [0.717, 1.165) is 19.4 Å². The van der Waals surface area contributed by atoms with Gasteiger partial charge in [0.05, 0.1) is 6.61 Å². The Kier molecular flexibility index (Phi) is 7.67. The zero-order valence-corrected chi connectivity index (χ0v) is 13.0. The van der Waals surface area contributed by atoms with Gasteiger partial charge in [0.15, 0.2) is 8.32 Å². The van der Waals surface area contributed by atoms with Crippen molar-refractivity contribution in [3.05, 3.63) is 24.3 Å². The minimum absolute atomic E-state index is 0.110. The largest absolute Gasteiger partial charge is 0.417 e. The number of aliphatic hydroxyl groups excluding tert-OH is 1. The highest BCUT2D eigenvalue weighted by molar-refractivity contribution is 6.74. The molecule has 3 heteroatoms. The molecule has 0 unspecified atom stereocenters. The fourth-order valence-corrected chi connectivity index (χ4v) is 2.15. The normalized spacial score (nSPS) is 14.0. The van der Waals surface area contributed by atoms with E-state index in [9.17, 15) is 0 Å². The second-order valence-electron chi connectivity index (χ2n) is 5.79. The Morgan fingerprint density at radius 1 is 1.12 bits per heavy atom. The molecule has 0 aliphatic heterocycles. The number of aliphatic hydroxyl groups is 1. The molecule has 2 nitrogen and oxygen atoms in total. The lowest BCUT2D eigenvalue weighted by Crippen LogP contribution is -2.40. The van der Waals surface area contributed by atoms with E-state index < -0.39 is 8.32 Å². The Morgan fingerprint density at radius 2 is 1.71 bits per heavy atom. The van der Waals surface area contributed by atoms with Crippen LogP contribution in [0.1, 0.15) is 33.6 Å². The second-order valence-corrected chi connectivity index (χ2v) is 10.6. The third kappa shape index (κ3) is 7.52. The number of rotatable bonds is 7. The number of hydrogen-bond acceptors (Lipinski definition) is 2. The fourth-order valence-electron chi connectivity index (χ4n) is 1.06. The topological polar surface area (TPSA) is 29.5 Å². The summed E-state index contributed by atoms with van der Waals surface area (Å²) in [5.74, 6) is 0. The van der Waals surface area contributed by atoms with Crippen LogP contribution in [0.5, 0.6) is 0 Å². The molecular formula is C14H28O2Si. The lowest BCUT2D eigenvalue weighted by atomic mass is 10.2. The summed E-state index contributed by atoms with van der Waals surface area (Å²) in [4.78, 5) is 0. The number of unbranched alkanes of at least 4 members (excludes halogenated alkanes) is 1. The van der Waals surface area contributed by atoms with Crippen LogP contribution in [0.2, 0.25) is 18.1 Å². The molecule has 0 atom stereocenters. The average Bonchev–Trinajstić information content (AvgIpc) is 2.20. The van der Waals surface area contributed by atoms with E-state index in [1.807, 2.05) is 12.2 Å². The van der Waals surface area contributed by atoms with E-state index in [1.54, 1.807) is 6.08 Å². The monoisotopic (exact) mass is 256 g/mol.